The van der Waals surface area contributed by atoms with Crippen molar-refractivity contribution in [2.75, 3.05) is 12.4 Å². The third kappa shape index (κ3) is 3.55. The Morgan fingerprint density at radius 3 is 2.57 bits per heavy atom. The molecular formula is C14H10ClFN2O3. The molecule has 0 bridgehead atoms. The van der Waals surface area contributed by atoms with Gasteiger partial charge in [-0.05, 0) is 30.3 Å². The number of aromatic nitrogens is 1. The number of rotatable bonds is 3. The lowest BCUT2D eigenvalue weighted by Gasteiger charge is -2.07. The van der Waals surface area contributed by atoms with Gasteiger partial charge >= 0.3 is 5.97 Å². The second-order valence-electron chi connectivity index (χ2n) is 4.01. The molecular weight excluding hydrogens is 299 g/mol. The lowest BCUT2D eigenvalue weighted by atomic mass is 10.2. The monoisotopic (exact) mass is 308 g/mol. The topological polar surface area (TPSA) is 68.3 Å². The van der Waals surface area contributed by atoms with E-state index in [0.717, 1.165) is 12.3 Å². The molecule has 0 aliphatic heterocycles. The number of nitrogens with one attached hydrogen (secondary N) is 1. The highest BCUT2D eigenvalue weighted by Crippen LogP contribution is 2.17. The average Bonchev–Trinajstić information content (AvgIpc) is 2.49. The zero-order chi connectivity index (χ0) is 15.4. The summed E-state index contributed by atoms with van der Waals surface area (Å²) in [5, 5.41) is 2.43. The van der Waals surface area contributed by atoms with Gasteiger partial charge in [-0.25, -0.2) is 14.2 Å². The van der Waals surface area contributed by atoms with Crippen molar-refractivity contribution in [2.24, 2.45) is 0 Å². The Labute approximate surface area is 124 Å². The first-order valence-corrected chi connectivity index (χ1v) is 6.20. The smallest absolute Gasteiger partial charge is 0.337 e. The minimum atomic E-state index is -0.661. The van der Waals surface area contributed by atoms with Crippen molar-refractivity contribution in [1.82, 2.24) is 4.98 Å². The predicted molar refractivity (Wildman–Crippen MR) is 74.9 cm³/mol. The van der Waals surface area contributed by atoms with Crippen LogP contribution in [0.5, 0.6) is 0 Å². The first kappa shape index (κ1) is 14.9. The lowest BCUT2D eigenvalue weighted by molar-refractivity contribution is 0.0600. The minimum Gasteiger partial charge on any atom is -0.465 e. The molecule has 0 saturated carbocycles. The van der Waals surface area contributed by atoms with Crippen LogP contribution in [0.1, 0.15) is 20.7 Å². The maximum atomic E-state index is 13.1. The normalized spacial score (nSPS) is 10.0. The molecule has 0 spiro atoms. The van der Waals surface area contributed by atoms with E-state index in [1.54, 1.807) is 0 Å². The van der Waals surface area contributed by atoms with E-state index in [4.69, 9.17) is 11.6 Å². The summed E-state index contributed by atoms with van der Waals surface area (Å²) in [7, 11) is 1.27. The molecule has 21 heavy (non-hydrogen) atoms. The van der Waals surface area contributed by atoms with Crippen LogP contribution in [0.2, 0.25) is 5.15 Å². The molecule has 1 heterocycles. The van der Waals surface area contributed by atoms with Crippen LogP contribution in [0.15, 0.2) is 36.5 Å². The molecule has 1 aromatic carbocycles. The van der Waals surface area contributed by atoms with Gasteiger partial charge in [0.25, 0.3) is 5.91 Å². The number of pyridine rings is 1. The molecule has 1 amide bonds. The predicted octanol–water partition coefficient (Wildman–Crippen LogP) is 2.91. The summed E-state index contributed by atoms with van der Waals surface area (Å²) in [5.41, 5.74) is 0.697. The first-order chi connectivity index (χ1) is 10.0. The fourth-order valence-corrected chi connectivity index (χ4v) is 1.78. The number of nitrogens with zero attached hydrogens (tertiary/aromatic N) is 1. The first-order valence-electron chi connectivity index (χ1n) is 5.82. The van der Waals surface area contributed by atoms with E-state index in [1.165, 1.54) is 31.4 Å². The number of amides is 1. The number of hydrogen-bond acceptors (Lipinski definition) is 4. The van der Waals surface area contributed by atoms with Crippen molar-refractivity contribution < 1.29 is 18.7 Å². The van der Waals surface area contributed by atoms with E-state index in [0.29, 0.717) is 11.3 Å². The number of anilines is 1. The summed E-state index contributed by atoms with van der Waals surface area (Å²) < 4.78 is 17.6. The van der Waals surface area contributed by atoms with E-state index >= 15 is 0 Å². The van der Waals surface area contributed by atoms with Gasteiger partial charge in [0.15, 0.2) is 0 Å². The van der Waals surface area contributed by atoms with E-state index in [2.05, 4.69) is 15.0 Å². The van der Waals surface area contributed by atoms with Crippen molar-refractivity contribution in [3.63, 3.8) is 0 Å². The largest absolute Gasteiger partial charge is 0.465 e. The number of hydrogen-bond donors (Lipinski definition) is 1. The molecule has 0 aliphatic carbocycles. The average molecular weight is 309 g/mol. The van der Waals surface area contributed by atoms with Crippen molar-refractivity contribution in [2.45, 2.75) is 0 Å². The maximum Gasteiger partial charge on any atom is 0.337 e. The second-order valence-corrected chi connectivity index (χ2v) is 4.37. The Bertz CT molecular complexity index is 689. The third-order valence-electron chi connectivity index (χ3n) is 2.61. The summed E-state index contributed by atoms with van der Waals surface area (Å²) in [4.78, 5) is 26.8. The number of methoxy groups -OCH3 is 1. The minimum absolute atomic E-state index is 0.0753. The number of esters is 1. The Morgan fingerprint density at radius 2 is 1.95 bits per heavy atom. The molecule has 5 nitrogen and oxygen atoms in total. The van der Waals surface area contributed by atoms with E-state index in [1.807, 2.05) is 0 Å². The van der Waals surface area contributed by atoms with Crippen LogP contribution in [-0.2, 0) is 4.74 Å². The van der Waals surface area contributed by atoms with Crippen LogP contribution < -0.4 is 5.32 Å². The molecule has 0 unspecified atom stereocenters. The molecule has 0 saturated heterocycles. The van der Waals surface area contributed by atoms with Gasteiger partial charge < -0.3 is 10.1 Å². The van der Waals surface area contributed by atoms with Crippen LogP contribution in [0.25, 0.3) is 0 Å². The van der Waals surface area contributed by atoms with Gasteiger partial charge in [-0.2, -0.15) is 0 Å². The van der Waals surface area contributed by atoms with E-state index in [9.17, 15) is 14.0 Å². The summed E-state index contributed by atoms with van der Waals surface area (Å²) in [6.45, 7) is 0. The highest BCUT2D eigenvalue weighted by Gasteiger charge is 2.13. The van der Waals surface area contributed by atoms with Gasteiger partial charge in [-0.1, -0.05) is 11.6 Å². The van der Waals surface area contributed by atoms with Crippen molar-refractivity contribution in [3.05, 3.63) is 58.6 Å². The molecule has 0 aliphatic rings. The zero-order valence-electron chi connectivity index (χ0n) is 10.9. The van der Waals surface area contributed by atoms with Crippen LogP contribution in [0.4, 0.5) is 10.1 Å². The molecule has 7 heteroatoms. The molecule has 108 valence electrons. The summed E-state index contributed by atoms with van der Waals surface area (Å²) in [6.07, 6.45) is 0.921. The summed E-state index contributed by atoms with van der Waals surface area (Å²) in [6, 6.07) is 7.02. The highest BCUT2D eigenvalue weighted by molar-refractivity contribution is 6.33. The Morgan fingerprint density at radius 1 is 1.29 bits per heavy atom. The van der Waals surface area contributed by atoms with Crippen LogP contribution in [0, 0.1) is 5.82 Å². The highest BCUT2D eigenvalue weighted by atomic mass is 35.5. The number of benzene rings is 1. The van der Waals surface area contributed by atoms with Gasteiger partial charge in [-0.3, -0.25) is 4.79 Å². The number of halogens is 2. The molecule has 2 aromatic rings. The fourth-order valence-electron chi connectivity index (χ4n) is 1.59. The fraction of sp³-hybridized carbons (Fsp3) is 0.0714. The number of carbonyl (C=O) groups is 2. The van der Waals surface area contributed by atoms with Crippen LogP contribution in [0.3, 0.4) is 0 Å². The quantitative estimate of drug-likeness (QED) is 0.699. The van der Waals surface area contributed by atoms with Crippen molar-refractivity contribution in [1.29, 1.82) is 0 Å². The SMILES string of the molecule is COC(=O)c1ccc(NC(=O)c2cc(F)cnc2Cl)cc1. The number of ether oxygens (including phenoxy) is 1. The molecule has 1 N–H and O–H groups in total. The van der Waals surface area contributed by atoms with E-state index in [-0.39, 0.29) is 10.7 Å². The van der Waals surface area contributed by atoms with Gasteiger partial charge in [0.2, 0.25) is 0 Å². The van der Waals surface area contributed by atoms with Gasteiger partial charge in [0.1, 0.15) is 11.0 Å². The Kier molecular flexibility index (Phi) is 4.49. The molecule has 0 fully saturated rings. The third-order valence-corrected chi connectivity index (χ3v) is 2.92. The maximum absolute atomic E-state index is 13.1. The zero-order valence-corrected chi connectivity index (χ0v) is 11.6. The molecule has 0 atom stereocenters. The second kappa shape index (κ2) is 6.32. The standard InChI is InChI=1S/C14H10ClFN2O3/c1-21-14(20)8-2-4-10(5-3-8)18-13(19)11-6-9(16)7-17-12(11)15/h2-7H,1H3,(H,18,19). The summed E-state index contributed by atoms with van der Waals surface area (Å²) >= 11 is 5.74. The Balaban J connectivity index is 2.16. The molecule has 2 rings (SSSR count). The van der Waals surface area contributed by atoms with Crippen molar-refractivity contribution >= 4 is 29.2 Å². The van der Waals surface area contributed by atoms with Crippen molar-refractivity contribution in [3.8, 4) is 0 Å². The van der Waals surface area contributed by atoms with Crippen LogP contribution >= 0.6 is 11.6 Å². The van der Waals surface area contributed by atoms with Gasteiger partial charge in [0.05, 0.1) is 24.4 Å². The van der Waals surface area contributed by atoms with E-state index < -0.39 is 17.7 Å². The lowest BCUT2D eigenvalue weighted by Crippen LogP contribution is -2.13. The number of carbonyl (C=O) groups excluding carboxylic acids is 2. The Hall–Kier alpha value is -2.47. The van der Waals surface area contributed by atoms with Crippen LogP contribution in [-0.4, -0.2) is 24.0 Å². The summed E-state index contributed by atoms with van der Waals surface area (Å²) in [5.74, 6) is -1.74. The molecule has 1 aromatic heterocycles. The molecule has 0 radical (unpaired) electrons. The van der Waals surface area contributed by atoms with Gasteiger partial charge in [-0.15, -0.1) is 0 Å². The van der Waals surface area contributed by atoms with Gasteiger partial charge in [0, 0.05) is 5.69 Å².